The summed E-state index contributed by atoms with van der Waals surface area (Å²) >= 11 is 0. The quantitative estimate of drug-likeness (QED) is 0.129. The second-order valence-electron chi connectivity index (χ2n) is 26.5. The predicted molar refractivity (Wildman–Crippen MR) is 346 cm³/mol. The normalized spacial score (nSPS) is 18.7. The molecule has 0 aliphatic carbocycles. The smallest absolute Gasteiger partial charge is 0.410 e. The molecule has 480 valence electrons. The molecule has 3 fully saturated rings. The Labute approximate surface area is 529 Å². The van der Waals surface area contributed by atoms with E-state index in [9.17, 15) is 32.3 Å². The summed E-state index contributed by atoms with van der Waals surface area (Å²) < 4.78 is 50.6. The average Bonchev–Trinajstić information content (AvgIpc) is 0.887. The van der Waals surface area contributed by atoms with Gasteiger partial charge >= 0.3 is 24.2 Å². The van der Waals surface area contributed by atoms with E-state index in [1.165, 1.54) is 58.7 Å². The highest BCUT2D eigenvalue weighted by atomic mass is 19.1. The first-order valence-corrected chi connectivity index (χ1v) is 31.6. The zero-order chi connectivity index (χ0) is 64.3. The molecular formula is C72H90F3N9O6. The highest BCUT2D eigenvalue weighted by Crippen LogP contribution is 2.38. The third kappa shape index (κ3) is 17.3. The molecule has 3 N–H and O–H groups in total. The van der Waals surface area contributed by atoms with E-state index in [-0.39, 0.29) is 71.3 Å². The van der Waals surface area contributed by atoms with E-state index >= 15 is 0 Å². The lowest BCUT2D eigenvalue weighted by Crippen LogP contribution is -2.56. The molecular weight excluding hydrogens is 1140 g/mol. The lowest BCUT2D eigenvalue weighted by atomic mass is 9.88. The Morgan fingerprint density at radius 1 is 0.511 bits per heavy atom. The number of likely N-dealkylation sites (tertiary alicyclic amines) is 2. The van der Waals surface area contributed by atoms with Crippen molar-refractivity contribution in [1.82, 2.24) is 45.3 Å². The number of nitrogens with zero attached hydrogens (tertiary/aromatic N) is 6. The minimum Gasteiger partial charge on any atom is -0.444 e. The first-order valence-electron chi connectivity index (χ1n) is 31.6. The summed E-state index contributed by atoms with van der Waals surface area (Å²) in [5.41, 5.74) is 9.46. The fourth-order valence-electron chi connectivity index (χ4n) is 12.5. The number of hydrogen-bond donors (Lipinski definition) is 3. The summed E-state index contributed by atoms with van der Waals surface area (Å²) in [7, 11) is 5.61. The summed E-state index contributed by atoms with van der Waals surface area (Å²) in [4.78, 5) is 61.1. The number of fused-ring (bicyclic) bond motifs is 3. The van der Waals surface area contributed by atoms with E-state index in [0.717, 1.165) is 92.9 Å². The maximum absolute atomic E-state index is 13.6. The molecule has 18 heteroatoms. The van der Waals surface area contributed by atoms with Crippen molar-refractivity contribution in [3.05, 3.63) is 213 Å². The van der Waals surface area contributed by atoms with Crippen molar-refractivity contribution in [2.75, 3.05) is 99.7 Å². The number of benzene rings is 6. The molecule has 0 radical (unpaired) electrons. The Morgan fingerprint density at radius 3 is 1.29 bits per heavy atom. The Kier molecular flexibility index (Phi) is 22.0. The monoisotopic (exact) mass is 1230 g/mol. The van der Waals surface area contributed by atoms with Crippen molar-refractivity contribution in [1.29, 1.82) is 0 Å². The van der Waals surface area contributed by atoms with Crippen LogP contribution in [0.15, 0.2) is 146 Å². The molecule has 0 aromatic heterocycles. The van der Waals surface area contributed by atoms with E-state index in [2.05, 4.69) is 58.4 Å². The van der Waals surface area contributed by atoms with E-state index in [1.807, 2.05) is 113 Å². The van der Waals surface area contributed by atoms with Gasteiger partial charge in [0.05, 0.1) is 18.1 Å². The van der Waals surface area contributed by atoms with Crippen molar-refractivity contribution in [2.24, 2.45) is 17.8 Å². The number of ether oxygens (including phenoxy) is 2. The van der Waals surface area contributed by atoms with Gasteiger partial charge in [0.15, 0.2) is 0 Å². The molecule has 0 saturated carbocycles. The van der Waals surface area contributed by atoms with E-state index in [4.69, 9.17) is 9.47 Å². The molecule has 6 aliphatic rings. The van der Waals surface area contributed by atoms with Crippen LogP contribution in [0.4, 0.5) is 32.3 Å². The fraction of sp³-hybridized carbons (Fsp3) is 0.444. The maximum atomic E-state index is 13.6. The highest BCUT2D eigenvalue weighted by molar-refractivity contribution is 5.77. The number of halogens is 3. The van der Waals surface area contributed by atoms with Gasteiger partial charge in [0.1, 0.15) is 28.7 Å². The molecule has 12 rings (SSSR count). The third-order valence-corrected chi connectivity index (χ3v) is 17.0. The van der Waals surface area contributed by atoms with Gasteiger partial charge in [0, 0.05) is 110 Å². The summed E-state index contributed by atoms with van der Waals surface area (Å²) in [5, 5.41) is 9.84. The van der Waals surface area contributed by atoms with Crippen LogP contribution in [0, 0.1) is 35.2 Å². The molecule has 0 bridgehead atoms. The van der Waals surface area contributed by atoms with Crippen LogP contribution >= 0.6 is 0 Å². The fourth-order valence-corrected chi connectivity index (χ4v) is 12.5. The predicted octanol–water partition coefficient (Wildman–Crippen LogP) is 11.9. The standard InChI is InChI=1S/C26H32FN3O3.C21H24FN3O.C15H14FN.C10H20N2O2/c1-26(2,3)33-25(32)29-16-18(17-29)15-28(4)24(31)30-14-13-19-7-5-6-8-22(19)23(30)20-9-11-21(27)12-10-20;1-24(14-15-12-23-13-15)21(26)25-11-10-16-4-2-3-5-19(16)20(25)17-6-8-18(22)9-7-17;16-13-7-5-12(6-8-13)15-14-4-2-1-3-11(14)9-10-17-15;1-10(2,3)14-9(13)12-6-8(7-12)5-11-4/h5-12,18,23H,13-17H2,1-4H3;2-9,15,20,23H,10-14H2,1H3;1-8,15,17H,9-10H2;8,11H,5-7H2,1-4H3/t23-;20-;15-;/m000./s1. The van der Waals surface area contributed by atoms with Crippen LogP contribution in [-0.2, 0) is 28.7 Å². The van der Waals surface area contributed by atoms with Gasteiger partial charge in [-0.1, -0.05) is 109 Å². The summed E-state index contributed by atoms with van der Waals surface area (Å²) in [6, 6.07) is 44.3. The molecule has 6 aromatic carbocycles. The van der Waals surface area contributed by atoms with Crippen molar-refractivity contribution >= 4 is 24.2 Å². The van der Waals surface area contributed by atoms with E-state index < -0.39 is 5.60 Å². The molecule has 0 spiro atoms. The van der Waals surface area contributed by atoms with Crippen LogP contribution < -0.4 is 16.0 Å². The maximum Gasteiger partial charge on any atom is 0.410 e. The van der Waals surface area contributed by atoms with Crippen LogP contribution in [-0.4, -0.2) is 165 Å². The average molecular weight is 1230 g/mol. The van der Waals surface area contributed by atoms with E-state index in [0.29, 0.717) is 44.6 Å². The van der Waals surface area contributed by atoms with Crippen molar-refractivity contribution in [3.8, 4) is 0 Å². The summed E-state index contributed by atoms with van der Waals surface area (Å²) in [6.07, 6.45) is 2.19. The van der Waals surface area contributed by atoms with Crippen molar-refractivity contribution in [2.45, 2.75) is 90.1 Å². The minimum atomic E-state index is -0.519. The largest absolute Gasteiger partial charge is 0.444 e. The Morgan fingerprint density at radius 2 is 0.889 bits per heavy atom. The molecule has 15 nitrogen and oxygen atoms in total. The minimum absolute atomic E-state index is 0.0423. The van der Waals surface area contributed by atoms with Crippen molar-refractivity contribution < 1.29 is 41.8 Å². The van der Waals surface area contributed by atoms with Gasteiger partial charge in [0.2, 0.25) is 0 Å². The number of amides is 6. The first-order chi connectivity index (χ1) is 43.0. The SMILES string of the molecule is CN(CC1CN(C(=O)OC(C)(C)C)C1)C(=O)N1CCc2ccccc2[C@@H]1c1ccc(F)cc1.CN(CC1CNC1)C(=O)N1CCc2ccccc2[C@@H]1c1ccc(F)cc1.CNCC1CN(C(=O)OC(C)(C)C)C1.Fc1ccc([C@@H]2NCCc3ccccc32)cc1. The van der Waals surface area contributed by atoms with Crippen LogP contribution in [0.3, 0.4) is 0 Å². The Hall–Kier alpha value is -7.93. The highest BCUT2D eigenvalue weighted by Gasteiger charge is 2.39. The lowest BCUT2D eigenvalue weighted by molar-refractivity contribution is -0.00453. The molecule has 6 amide bonds. The molecule has 6 aliphatic heterocycles. The van der Waals surface area contributed by atoms with Crippen molar-refractivity contribution in [3.63, 3.8) is 0 Å². The molecule has 6 aromatic rings. The topological polar surface area (TPSA) is 142 Å². The summed E-state index contributed by atoms with van der Waals surface area (Å²) in [5.74, 6) is 0.603. The second-order valence-corrected chi connectivity index (χ2v) is 26.5. The Bertz CT molecular complexity index is 3360. The van der Waals surface area contributed by atoms with Crippen LogP contribution in [0.5, 0.6) is 0 Å². The van der Waals surface area contributed by atoms with Gasteiger partial charge in [-0.15, -0.1) is 0 Å². The van der Waals surface area contributed by atoms with Crippen LogP contribution in [0.2, 0.25) is 0 Å². The van der Waals surface area contributed by atoms with Gasteiger partial charge in [0.25, 0.3) is 0 Å². The molecule has 6 heterocycles. The van der Waals surface area contributed by atoms with E-state index in [1.54, 1.807) is 46.0 Å². The summed E-state index contributed by atoms with van der Waals surface area (Å²) in [6.45, 7) is 20.5. The zero-order valence-corrected chi connectivity index (χ0v) is 53.7. The number of hydrogen-bond acceptors (Lipinski definition) is 9. The van der Waals surface area contributed by atoms with Crippen LogP contribution in [0.25, 0.3) is 0 Å². The van der Waals surface area contributed by atoms with Gasteiger partial charge < -0.3 is 54.8 Å². The molecule has 90 heavy (non-hydrogen) atoms. The van der Waals surface area contributed by atoms with Gasteiger partial charge in [-0.05, 0) is 154 Å². The van der Waals surface area contributed by atoms with Gasteiger partial charge in [-0.2, -0.15) is 0 Å². The number of urea groups is 2. The third-order valence-electron chi connectivity index (χ3n) is 17.0. The second kappa shape index (κ2) is 29.8. The molecule has 3 atom stereocenters. The number of carbonyl (C=O) groups is 4. The first kappa shape index (κ1) is 66.5. The van der Waals surface area contributed by atoms with Gasteiger partial charge in [-0.25, -0.2) is 32.3 Å². The molecule has 3 saturated heterocycles. The Balaban J connectivity index is 0.000000150. The number of nitrogens with one attached hydrogen (secondary N) is 3. The van der Waals surface area contributed by atoms with Crippen LogP contribution in [0.1, 0.15) is 110 Å². The van der Waals surface area contributed by atoms with Gasteiger partial charge in [-0.3, -0.25) is 0 Å². The lowest BCUT2D eigenvalue weighted by Gasteiger charge is -2.43. The molecule has 0 unspecified atom stereocenters. The zero-order valence-electron chi connectivity index (χ0n) is 53.7. The number of rotatable bonds is 9. The number of carbonyl (C=O) groups excluding carboxylic acids is 4.